The number of benzene rings is 1. The van der Waals surface area contributed by atoms with Crippen molar-refractivity contribution in [2.24, 2.45) is 5.92 Å². The summed E-state index contributed by atoms with van der Waals surface area (Å²) in [6.45, 7) is 4.23. The van der Waals surface area contributed by atoms with Gasteiger partial charge in [-0.25, -0.2) is 9.97 Å². The zero-order chi connectivity index (χ0) is 19.2. The van der Waals surface area contributed by atoms with E-state index in [1.54, 1.807) is 6.07 Å². The maximum absolute atomic E-state index is 9.55. The molecule has 142 valence electrons. The maximum Gasteiger partial charge on any atom is 0.248 e. The molecule has 9 heteroatoms. The summed E-state index contributed by atoms with van der Waals surface area (Å²) in [7, 11) is 0. The lowest BCUT2D eigenvalue weighted by Crippen LogP contribution is -2.26. The van der Waals surface area contributed by atoms with E-state index in [0.29, 0.717) is 23.5 Å². The summed E-state index contributed by atoms with van der Waals surface area (Å²) >= 11 is 0. The normalized spacial score (nSPS) is 12.1. The molecule has 5 N–H and O–H groups in total. The fourth-order valence-electron chi connectivity index (χ4n) is 2.70. The molecule has 3 rings (SSSR count). The average molecular weight is 368 g/mol. The van der Waals surface area contributed by atoms with Crippen LogP contribution < -0.4 is 16.4 Å². The molecule has 0 amide bonds. The summed E-state index contributed by atoms with van der Waals surface area (Å²) in [5.74, 6) is 2.11. The van der Waals surface area contributed by atoms with Crippen molar-refractivity contribution in [2.75, 3.05) is 23.0 Å². The topological polar surface area (TPSA) is 127 Å². The van der Waals surface area contributed by atoms with Gasteiger partial charge in [-0.15, -0.1) is 5.10 Å². The molecule has 0 bridgehead atoms. The Morgan fingerprint density at radius 3 is 2.67 bits per heavy atom. The zero-order valence-corrected chi connectivity index (χ0v) is 15.4. The van der Waals surface area contributed by atoms with Crippen molar-refractivity contribution in [3.05, 3.63) is 42.7 Å². The van der Waals surface area contributed by atoms with Crippen molar-refractivity contribution in [2.45, 2.75) is 26.3 Å². The lowest BCUT2D eigenvalue weighted by Gasteiger charge is -2.18. The Morgan fingerprint density at radius 2 is 1.96 bits per heavy atom. The van der Waals surface area contributed by atoms with Crippen LogP contribution in [0.3, 0.4) is 0 Å². The highest BCUT2D eigenvalue weighted by Gasteiger charge is 2.14. The minimum Gasteiger partial charge on any atom is -0.394 e. The van der Waals surface area contributed by atoms with Crippen molar-refractivity contribution < 1.29 is 5.11 Å². The second-order valence-electron chi connectivity index (χ2n) is 6.61. The number of hydrogen-bond acceptors (Lipinski definition) is 8. The smallest absolute Gasteiger partial charge is 0.248 e. The van der Waals surface area contributed by atoms with Gasteiger partial charge in [-0.3, -0.25) is 0 Å². The first-order chi connectivity index (χ1) is 13.0. The number of nitrogens with zero attached hydrogens (tertiary/aromatic N) is 5. The molecule has 0 radical (unpaired) electrons. The average Bonchev–Trinajstić information content (AvgIpc) is 3.02. The van der Waals surface area contributed by atoms with Crippen LogP contribution in [0.2, 0.25) is 0 Å². The van der Waals surface area contributed by atoms with Crippen LogP contribution in [-0.4, -0.2) is 42.5 Å². The molecule has 2 aromatic heterocycles. The summed E-state index contributed by atoms with van der Waals surface area (Å²) in [5.41, 5.74) is 6.86. The molecule has 0 aliphatic heterocycles. The minimum absolute atomic E-state index is 0.0219. The largest absolute Gasteiger partial charge is 0.394 e. The Morgan fingerprint density at radius 1 is 1.19 bits per heavy atom. The molecule has 1 atom stereocenters. The molecular weight excluding hydrogens is 344 g/mol. The summed E-state index contributed by atoms with van der Waals surface area (Å²) in [5, 5.41) is 20.2. The van der Waals surface area contributed by atoms with Gasteiger partial charge in [-0.1, -0.05) is 32.0 Å². The molecule has 0 saturated carbocycles. The predicted molar refractivity (Wildman–Crippen MR) is 105 cm³/mol. The predicted octanol–water partition coefficient (Wildman–Crippen LogP) is 2.20. The monoisotopic (exact) mass is 368 g/mol. The van der Waals surface area contributed by atoms with Crippen LogP contribution >= 0.6 is 0 Å². The molecule has 1 aromatic carbocycles. The van der Waals surface area contributed by atoms with Crippen LogP contribution in [-0.2, 0) is 0 Å². The summed E-state index contributed by atoms with van der Waals surface area (Å²) in [6.07, 6.45) is 2.25. The molecule has 27 heavy (non-hydrogen) atoms. The Kier molecular flexibility index (Phi) is 5.82. The highest BCUT2D eigenvalue weighted by Crippen LogP contribution is 2.18. The van der Waals surface area contributed by atoms with Crippen molar-refractivity contribution in [3.63, 3.8) is 0 Å². The molecule has 0 saturated heterocycles. The Labute approximate surface area is 157 Å². The standard InChI is InChI=1S/C18H24N8O/c1-12(2)8-14(10-27)22-15-9-16(21-11-20-15)26-17(19)24-18(25-26)23-13-6-4-3-5-7-13/h3-7,9,11-12,14,27H,8,10H2,1-2H3,(H,20,21,22)(H3,19,23,24,25)/t14-/m1/s1. The number of hydrogen-bond donors (Lipinski definition) is 4. The molecule has 0 aliphatic carbocycles. The van der Waals surface area contributed by atoms with E-state index in [2.05, 4.69) is 44.5 Å². The lowest BCUT2D eigenvalue weighted by molar-refractivity contribution is 0.259. The van der Waals surface area contributed by atoms with E-state index in [-0.39, 0.29) is 18.6 Å². The van der Waals surface area contributed by atoms with Crippen LogP contribution in [0, 0.1) is 5.92 Å². The lowest BCUT2D eigenvalue weighted by atomic mass is 10.0. The maximum atomic E-state index is 9.55. The van der Waals surface area contributed by atoms with E-state index in [4.69, 9.17) is 5.73 Å². The van der Waals surface area contributed by atoms with E-state index in [9.17, 15) is 5.11 Å². The third kappa shape index (κ3) is 4.91. The first kappa shape index (κ1) is 18.6. The summed E-state index contributed by atoms with van der Waals surface area (Å²) in [4.78, 5) is 12.7. The van der Waals surface area contributed by atoms with Gasteiger partial charge in [0, 0.05) is 11.8 Å². The van der Waals surface area contributed by atoms with Crippen LogP contribution in [0.15, 0.2) is 42.7 Å². The number of para-hydroxylation sites is 1. The second-order valence-corrected chi connectivity index (χ2v) is 6.61. The van der Waals surface area contributed by atoms with Crippen LogP contribution in [0.4, 0.5) is 23.4 Å². The Bertz CT molecular complexity index is 865. The highest BCUT2D eigenvalue weighted by atomic mass is 16.3. The van der Waals surface area contributed by atoms with Gasteiger partial charge in [-0.05, 0) is 24.5 Å². The van der Waals surface area contributed by atoms with E-state index in [1.807, 2.05) is 30.3 Å². The van der Waals surface area contributed by atoms with E-state index in [0.717, 1.165) is 12.1 Å². The molecular formula is C18H24N8O. The summed E-state index contributed by atoms with van der Waals surface area (Å²) in [6, 6.07) is 11.2. The second kappa shape index (κ2) is 8.45. The Hall–Kier alpha value is -3.20. The molecule has 0 spiro atoms. The third-order valence-corrected chi connectivity index (χ3v) is 3.86. The number of nitrogens with one attached hydrogen (secondary N) is 2. The zero-order valence-electron chi connectivity index (χ0n) is 15.4. The molecule has 3 aromatic rings. The van der Waals surface area contributed by atoms with Crippen molar-refractivity contribution in [1.29, 1.82) is 0 Å². The first-order valence-corrected chi connectivity index (χ1v) is 8.79. The number of aliphatic hydroxyl groups is 1. The fraction of sp³-hybridized carbons (Fsp3) is 0.333. The van der Waals surface area contributed by atoms with Crippen molar-refractivity contribution >= 4 is 23.4 Å². The van der Waals surface area contributed by atoms with Crippen LogP contribution in [0.5, 0.6) is 0 Å². The summed E-state index contributed by atoms with van der Waals surface area (Å²) < 4.78 is 1.44. The number of anilines is 4. The molecule has 0 unspecified atom stereocenters. The number of nitrogen functional groups attached to an aromatic ring is 1. The van der Waals surface area contributed by atoms with Crippen molar-refractivity contribution in [3.8, 4) is 5.82 Å². The van der Waals surface area contributed by atoms with Gasteiger partial charge in [0.2, 0.25) is 11.9 Å². The molecule has 9 nitrogen and oxygen atoms in total. The Balaban J connectivity index is 1.78. The number of aliphatic hydroxyl groups excluding tert-OH is 1. The SMILES string of the molecule is CC(C)C[C@H](CO)Nc1cc(-n2nc(Nc3ccccc3)nc2N)ncn1. The van der Waals surface area contributed by atoms with Gasteiger partial charge in [0.05, 0.1) is 12.6 Å². The number of aromatic nitrogens is 5. The van der Waals surface area contributed by atoms with Gasteiger partial charge in [0.15, 0.2) is 5.82 Å². The molecule has 0 fully saturated rings. The fourth-order valence-corrected chi connectivity index (χ4v) is 2.70. The first-order valence-electron chi connectivity index (χ1n) is 8.79. The van der Waals surface area contributed by atoms with Gasteiger partial charge in [0.25, 0.3) is 0 Å². The molecule has 2 heterocycles. The van der Waals surface area contributed by atoms with E-state index < -0.39 is 0 Å². The number of rotatable bonds is 8. The highest BCUT2D eigenvalue weighted by molar-refractivity contribution is 5.54. The van der Waals surface area contributed by atoms with Crippen LogP contribution in [0.25, 0.3) is 5.82 Å². The van der Waals surface area contributed by atoms with Gasteiger partial charge >= 0.3 is 0 Å². The van der Waals surface area contributed by atoms with Gasteiger partial charge in [-0.2, -0.15) is 9.67 Å². The minimum atomic E-state index is -0.0869. The quantitative estimate of drug-likeness (QED) is 0.476. The third-order valence-electron chi connectivity index (χ3n) is 3.86. The van der Waals surface area contributed by atoms with Crippen molar-refractivity contribution in [1.82, 2.24) is 24.7 Å². The van der Waals surface area contributed by atoms with Gasteiger partial charge in [0.1, 0.15) is 12.1 Å². The van der Waals surface area contributed by atoms with Crippen LogP contribution in [0.1, 0.15) is 20.3 Å². The van der Waals surface area contributed by atoms with Gasteiger partial charge < -0.3 is 21.5 Å². The van der Waals surface area contributed by atoms with E-state index in [1.165, 1.54) is 11.0 Å². The number of nitrogens with two attached hydrogens (primary N) is 1. The molecule has 0 aliphatic rings. The van der Waals surface area contributed by atoms with E-state index >= 15 is 0 Å².